The normalized spacial score (nSPS) is 13.0. The summed E-state index contributed by atoms with van der Waals surface area (Å²) in [6.07, 6.45) is 1.32. The van der Waals surface area contributed by atoms with Crippen molar-refractivity contribution in [3.8, 4) is 6.07 Å². The lowest BCUT2D eigenvalue weighted by Gasteiger charge is -2.11. The number of benzene rings is 1. The fourth-order valence-electron chi connectivity index (χ4n) is 1.96. The smallest absolute Gasteiger partial charge is 0.354 e. The van der Waals surface area contributed by atoms with E-state index < -0.39 is 17.8 Å². The van der Waals surface area contributed by atoms with E-state index in [0.717, 1.165) is 0 Å². The number of carbonyl (C=O) groups is 3. The van der Waals surface area contributed by atoms with E-state index in [2.05, 4.69) is 4.98 Å². The van der Waals surface area contributed by atoms with Crippen molar-refractivity contribution in [2.75, 3.05) is 0 Å². The maximum Gasteiger partial charge on any atom is 0.380 e. The fraction of sp³-hybridized carbons (Fsp3) is 0. The van der Waals surface area contributed by atoms with Gasteiger partial charge >= 0.3 is 5.97 Å². The number of carbonyl (C=O) groups excluding carboxylic acids is 3. The van der Waals surface area contributed by atoms with Gasteiger partial charge in [0.15, 0.2) is 0 Å². The van der Waals surface area contributed by atoms with Gasteiger partial charge < -0.3 is 9.82 Å². The highest BCUT2D eigenvalue weighted by Gasteiger charge is 2.38. The lowest BCUT2D eigenvalue weighted by atomic mass is 10.1. The molecule has 1 aliphatic rings. The molecule has 2 heterocycles. The molecule has 7 nitrogen and oxygen atoms in total. The van der Waals surface area contributed by atoms with Crippen molar-refractivity contribution in [1.29, 1.82) is 5.26 Å². The number of aromatic nitrogens is 1. The molecule has 2 amide bonds. The number of aromatic amines is 1. The highest BCUT2D eigenvalue weighted by Crippen LogP contribution is 2.23. The van der Waals surface area contributed by atoms with E-state index in [0.29, 0.717) is 5.06 Å². The van der Waals surface area contributed by atoms with Crippen LogP contribution < -0.4 is 0 Å². The molecule has 1 aromatic heterocycles. The van der Waals surface area contributed by atoms with E-state index in [1.54, 1.807) is 12.1 Å². The van der Waals surface area contributed by atoms with E-state index in [9.17, 15) is 14.4 Å². The number of amides is 2. The monoisotopic (exact) mass is 281 g/mol. The highest BCUT2D eigenvalue weighted by atomic mass is 16.7. The van der Waals surface area contributed by atoms with Crippen LogP contribution in [0.15, 0.2) is 36.5 Å². The van der Waals surface area contributed by atoms with Crippen molar-refractivity contribution in [3.05, 3.63) is 58.9 Å². The number of H-pyrrole nitrogens is 1. The molecule has 3 rings (SSSR count). The average Bonchev–Trinajstić information content (AvgIpc) is 3.07. The van der Waals surface area contributed by atoms with Crippen LogP contribution in [0.2, 0.25) is 0 Å². The summed E-state index contributed by atoms with van der Waals surface area (Å²) < 4.78 is 0. The molecule has 1 aromatic carbocycles. The van der Waals surface area contributed by atoms with Crippen molar-refractivity contribution >= 4 is 17.8 Å². The second-order valence-electron chi connectivity index (χ2n) is 4.24. The topological polar surface area (TPSA) is 103 Å². The van der Waals surface area contributed by atoms with Gasteiger partial charge in [0, 0.05) is 6.20 Å². The summed E-state index contributed by atoms with van der Waals surface area (Å²) >= 11 is 0. The fourth-order valence-corrected chi connectivity index (χ4v) is 1.96. The summed E-state index contributed by atoms with van der Waals surface area (Å²) in [5.74, 6) is -2.32. The summed E-state index contributed by atoms with van der Waals surface area (Å²) in [5.41, 5.74) is 0.575. The minimum absolute atomic E-state index is 0.0249. The maximum atomic E-state index is 12.0. The van der Waals surface area contributed by atoms with Crippen LogP contribution in [0, 0.1) is 11.3 Å². The Balaban J connectivity index is 1.84. The van der Waals surface area contributed by atoms with Crippen LogP contribution in [0.4, 0.5) is 0 Å². The van der Waals surface area contributed by atoms with E-state index in [1.807, 2.05) is 6.07 Å². The Morgan fingerprint density at radius 1 is 1.19 bits per heavy atom. The first-order valence-corrected chi connectivity index (χ1v) is 5.90. The van der Waals surface area contributed by atoms with Crippen LogP contribution >= 0.6 is 0 Å². The minimum atomic E-state index is -0.925. The van der Waals surface area contributed by atoms with Crippen LogP contribution in [-0.2, 0) is 4.84 Å². The molecule has 2 aromatic rings. The lowest BCUT2D eigenvalue weighted by molar-refractivity contribution is -0.0588. The van der Waals surface area contributed by atoms with Gasteiger partial charge in [0.2, 0.25) is 0 Å². The molecule has 102 valence electrons. The third kappa shape index (κ3) is 1.95. The van der Waals surface area contributed by atoms with Gasteiger partial charge in [-0.15, -0.1) is 0 Å². The molecule has 0 aliphatic carbocycles. The number of nitriles is 1. The first kappa shape index (κ1) is 12.6. The SMILES string of the molecule is N#Cc1c[nH]c(C(=O)ON2C(=O)c3ccccc3C2=O)c1. The standard InChI is InChI=1S/C14H7N3O4/c15-6-8-5-11(16-7-8)14(20)21-17-12(18)9-3-1-2-4-10(9)13(17)19/h1-5,7,16H. The summed E-state index contributed by atoms with van der Waals surface area (Å²) in [7, 11) is 0. The number of fused-ring (bicyclic) bond motifs is 1. The Hall–Kier alpha value is -3.40. The molecule has 7 heteroatoms. The Morgan fingerprint density at radius 2 is 1.81 bits per heavy atom. The average molecular weight is 281 g/mol. The number of hydrogen-bond donors (Lipinski definition) is 1. The van der Waals surface area contributed by atoms with E-state index >= 15 is 0 Å². The number of nitrogens with zero attached hydrogens (tertiary/aromatic N) is 2. The van der Waals surface area contributed by atoms with Crippen molar-refractivity contribution in [2.45, 2.75) is 0 Å². The van der Waals surface area contributed by atoms with Crippen LogP contribution in [0.3, 0.4) is 0 Å². The third-order valence-corrected chi connectivity index (χ3v) is 2.96. The Morgan fingerprint density at radius 3 is 2.33 bits per heavy atom. The van der Waals surface area contributed by atoms with Gasteiger partial charge in [0.1, 0.15) is 11.8 Å². The Labute approximate surface area is 118 Å². The molecule has 0 saturated heterocycles. The van der Waals surface area contributed by atoms with Gasteiger partial charge in [-0.25, -0.2) is 4.79 Å². The highest BCUT2D eigenvalue weighted by molar-refractivity contribution is 6.21. The van der Waals surface area contributed by atoms with Crippen molar-refractivity contribution in [3.63, 3.8) is 0 Å². The number of imide groups is 1. The Bertz CT molecular complexity index is 781. The van der Waals surface area contributed by atoms with Crippen molar-refractivity contribution in [2.24, 2.45) is 0 Å². The zero-order chi connectivity index (χ0) is 15.0. The summed E-state index contributed by atoms with van der Waals surface area (Å²) in [5, 5.41) is 9.10. The molecule has 0 fully saturated rings. The zero-order valence-electron chi connectivity index (χ0n) is 10.5. The predicted molar refractivity (Wildman–Crippen MR) is 67.9 cm³/mol. The van der Waals surface area contributed by atoms with E-state index in [-0.39, 0.29) is 22.4 Å². The quantitative estimate of drug-likeness (QED) is 0.834. The molecular formula is C14H7N3O4. The predicted octanol–water partition coefficient (Wildman–Crippen LogP) is 1.25. The van der Waals surface area contributed by atoms with Crippen LogP contribution in [0.5, 0.6) is 0 Å². The number of hydrogen-bond acceptors (Lipinski definition) is 5. The summed E-state index contributed by atoms with van der Waals surface area (Å²) in [4.78, 5) is 43.2. The van der Waals surface area contributed by atoms with Gasteiger partial charge in [-0.2, -0.15) is 5.26 Å². The van der Waals surface area contributed by atoms with Gasteiger partial charge in [0.25, 0.3) is 11.8 Å². The van der Waals surface area contributed by atoms with Crippen LogP contribution in [-0.4, -0.2) is 27.8 Å². The molecular weight excluding hydrogens is 274 g/mol. The van der Waals surface area contributed by atoms with E-state index in [1.165, 1.54) is 24.4 Å². The van der Waals surface area contributed by atoms with Crippen LogP contribution in [0.25, 0.3) is 0 Å². The Kier molecular flexibility index (Phi) is 2.77. The molecule has 1 N–H and O–H groups in total. The van der Waals surface area contributed by atoms with Crippen LogP contribution in [0.1, 0.15) is 36.8 Å². The molecule has 0 saturated carbocycles. The second-order valence-corrected chi connectivity index (χ2v) is 4.24. The van der Waals surface area contributed by atoms with Gasteiger partial charge in [-0.05, 0) is 18.2 Å². The van der Waals surface area contributed by atoms with Crippen molar-refractivity contribution < 1.29 is 19.2 Å². The summed E-state index contributed by atoms with van der Waals surface area (Å²) in [6, 6.07) is 9.28. The zero-order valence-corrected chi connectivity index (χ0v) is 10.5. The first-order valence-electron chi connectivity index (χ1n) is 5.90. The summed E-state index contributed by atoms with van der Waals surface area (Å²) in [6.45, 7) is 0. The van der Waals surface area contributed by atoms with Gasteiger partial charge in [-0.1, -0.05) is 17.2 Å². The molecule has 0 unspecified atom stereocenters. The maximum absolute atomic E-state index is 12.0. The second kappa shape index (κ2) is 4.61. The number of nitrogens with one attached hydrogen (secondary N) is 1. The lowest BCUT2D eigenvalue weighted by Crippen LogP contribution is -2.32. The minimum Gasteiger partial charge on any atom is -0.354 e. The number of hydroxylamine groups is 2. The number of rotatable bonds is 2. The molecule has 0 radical (unpaired) electrons. The van der Waals surface area contributed by atoms with Crippen molar-refractivity contribution in [1.82, 2.24) is 10.0 Å². The van der Waals surface area contributed by atoms with Gasteiger partial charge in [0.05, 0.1) is 16.7 Å². The molecule has 0 atom stereocenters. The molecule has 0 spiro atoms. The largest absolute Gasteiger partial charge is 0.380 e. The van der Waals surface area contributed by atoms with E-state index in [4.69, 9.17) is 10.1 Å². The van der Waals surface area contributed by atoms with Gasteiger partial charge in [-0.3, -0.25) is 9.59 Å². The first-order chi connectivity index (χ1) is 10.1. The molecule has 0 bridgehead atoms. The molecule has 21 heavy (non-hydrogen) atoms. The molecule has 1 aliphatic heterocycles. The third-order valence-electron chi connectivity index (χ3n) is 2.96.